The van der Waals surface area contributed by atoms with E-state index in [2.05, 4.69) is 34.4 Å². The maximum Gasteiger partial charge on any atom is 0.422 e. The summed E-state index contributed by atoms with van der Waals surface area (Å²) in [6.45, 7) is 6.72. The number of guanidine groups is 1. The quantitative estimate of drug-likeness (QED) is 0.531. The molecule has 1 aromatic carbocycles. The van der Waals surface area contributed by atoms with Crippen molar-refractivity contribution < 1.29 is 17.9 Å². The van der Waals surface area contributed by atoms with Gasteiger partial charge in [0.2, 0.25) is 0 Å². The highest BCUT2D eigenvalue weighted by Gasteiger charge is 2.28. The summed E-state index contributed by atoms with van der Waals surface area (Å²) < 4.78 is 42.4. The largest absolute Gasteiger partial charge is 0.484 e. The van der Waals surface area contributed by atoms with Crippen LogP contribution in [0.25, 0.3) is 0 Å². The highest BCUT2D eigenvalue weighted by atomic mass is 19.4. The Hall–Kier alpha value is -1.96. The highest BCUT2D eigenvalue weighted by molar-refractivity contribution is 5.79. The van der Waals surface area contributed by atoms with Crippen LogP contribution in [-0.4, -0.2) is 57.9 Å². The Kier molecular flexibility index (Phi) is 8.40. The van der Waals surface area contributed by atoms with Crippen LogP contribution in [0.1, 0.15) is 25.0 Å². The molecule has 0 bridgehead atoms. The molecule has 5 nitrogen and oxygen atoms in total. The summed E-state index contributed by atoms with van der Waals surface area (Å²) in [5, 5.41) is 6.40. The molecule has 154 valence electrons. The number of nitrogens with zero attached hydrogens (tertiary/aromatic N) is 2. The number of nitrogens with one attached hydrogen (secondary N) is 2. The van der Waals surface area contributed by atoms with E-state index in [1.807, 2.05) is 27.1 Å². The Morgan fingerprint density at radius 3 is 2.41 bits per heavy atom. The van der Waals surface area contributed by atoms with Gasteiger partial charge >= 0.3 is 6.18 Å². The fourth-order valence-electron chi connectivity index (χ4n) is 2.74. The molecule has 0 fully saturated rings. The number of hydrogen-bond donors (Lipinski definition) is 2. The minimum Gasteiger partial charge on any atom is -0.484 e. The Labute approximate surface area is 160 Å². The van der Waals surface area contributed by atoms with Crippen molar-refractivity contribution in [2.24, 2.45) is 10.4 Å². The molecule has 0 amide bonds. The molecule has 1 aromatic rings. The zero-order valence-corrected chi connectivity index (χ0v) is 17.0. The van der Waals surface area contributed by atoms with Crippen LogP contribution in [0.5, 0.6) is 5.75 Å². The van der Waals surface area contributed by atoms with Crippen LogP contribution in [-0.2, 0) is 6.54 Å². The van der Waals surface area contributed by atoms with Gasteiger partial charge in [0, 0.05) is 32.2 Å². The first-order valence-electron chi connectivity index (χ1n) is 8.80. The molecule has 0 heterocycles. The zero-order chi connectivity index (χ0) is 20.7. The van der Waals surface area contributed by atoms with E-state index in [1.54, 1.807) is 19.2 Å². The minimum atomic E-state index is -4.37. The maximum atomic E-state index is 12.5. The van der Waals surface area contributed by atoms with Crippen molar-refractivity contribution >= 4 is 5.96 Å². The van der Waals surface area contributed by atoms with Gasteiger partial charge in [0.1, 0.15) is 5.75 Å². The molecule has 0 aromatic heterocycles. The molecule has 0 atom stereocenters. The summed E-state index contributed by atoms with van der Waals surface area (Å²) >= 11 is 0. The molecular weight excluding hydrogens is 357 g/mol. The second-order valence-electron chi connectivity index (χ2n) is 7.70. The molecule has 8 heteroatoms. The summed E-state index contributed by atoms with van der Waals surface area (Å²) in [5.41, 5.74) is 1.51. The lowest BCUT2D eigenvalue weighted by atomic mass is 9.93. The third-order valence-electron chi connectivity index (χ3n) is 3.76. The first kappa shape index (κ1) is 23.1. The summed E-state index contributed by atoms with van der Waals surface area (Å²) in [6.07, 6.45) is -4.37. The average molecular weight is 388 g/mol. The van der Waals surface area contributed by atoms with E-state index in [0.717, 1.165) is 12.1 Å². The van der Waals surface area contributed by atoms with Crippen molar-refractivity contribution in [1.29, 1.82) is 0 Å². The third-order valence-corrected chi connectivity index (χ3v) is 3.76. The zero-order valence-electron chi connectivity index (χ0n) is 17.0. The monoisotopic (exact) mass is 388 g/mol. The standard InChI is InChI=1S/C19H31F3N4O/c1-14-7-8-15(16(9-14)27-13-19(20,21)22)10-24-17(23-4)25-11-18(2,3)12-26(5)6/h7-9H,10-13H2,1-6H3,(H2,23,24,25). The van der Waals surface area contributed by atoms with Gasteiger partial charge in [0.25, 0.3) is 0 Å². The Morgan fingerprint density at radius 2 is 1.85 bits per heavy atom. The molecule has 0 aliphatic carbocycles. The number of aryl methyl sites for hydroxylation is 1. The number of halogens is 3. The molecule has 0 radical (unpaired) electrons. The van der Waals surface area contributed by atoms with Crippen LogP contribution in [0.15, 0.2) is 23.2 Å². The molecule has 0 aliphatic rings. The van der Waals surface area contributed by atoms with E-state index in [9.17, 15) is 13.2 Å². The van der Waals surface area contributed by atoms with Crippen LogP contribution in [0.2, 0.25) is 0 Å². The van der Waals surface area contributed by atoms with Crippen molar-refractivity contribution in [2.45, 2.75) is 33.5 Å². The lowest BCUT2D eigenvalue weighted by Crippen LogP contribution is -2.44. The predicted octanol–water partition coefficient (Wildman–Crippen LogP) is 3.19. The minimum absolute atomic E-state index is 0.0337. The molecular formula is C19H31F3N4O. The number of hydrogen-bond acceptors (Lipinski definition) is 3. The van der Waals surface area contributed by atoms with Gasteiger partial charge < -0.3 is 20.3 Å². The van der Waals surface area contributed by atoms with Gasteiger partial charge in [0.05, 0.1) is 0 Å². The summed E-state index contributed by atoms with van der Waals surface area (Å²) in [7, 11) is 5.70. The molecule has 27 heavy (non-hydrogen) atoms. The Morgan fingerprint density at radius 1 is 1.19 bits per heavy atom. The van der Waals surface area contributed by atoms with E-state index in [1.165, 1.54) is 0 Å². The number of benzene rings is 1. The topological polar surface area (TPSA) is 48.9 Å². The van der Waals surface area contributed by atoms with E-state index < -0.39 is 12.8 Å². The van der Waals surface area contributed by atoms with Crippen LogP contribution >= 0.6 is 0 Å². The summed E-state index contributed by atoms with van der Waals surface area (Å²) in [4.78, 5) is 6.30. The molecule has 2 N–H and O–H groups in total. The lowest BCUT2D eigenvalue weighted by molar-refractivity contribution is -0.153. The first-order valence-corrected chi connectivity index (χ1v) is 8.80. The fourth-order valence-corrected chi connectivity index (χ4v) is 2.74. The van der Waals surface area contributed by atoms with Crippen LogP contribution in [0, 0.1) is 12.3 Å². The van der Waals surface area contributed by atoms with Crippen LogP contribution in [0.4, 0.5) is 13.2 Å². The van der Waals surface area contributed by atoms with Crippen molar-refractivity contribution in [3.8, 4) is 5.75 Å². The fraction of sp³-hybridized carbons (Fsp3) is 0.632. The number of ether oxygens (including phenoxy) is 1. The summed E-state index contributed by atoms with van der Waals surface area (Å²) in [5.74, 6) is 0.812. The van der Waals surface area contributed by atoms with E-state index in [4.69, 9.17) is 4.74 Å². The number of alkyl halides is 3. The van der Waals surface area contributed by atoms with Crippen LogP contribution < -0.4 is 15.4 Å². The first-order chi connectivity index (χ1) is 12.4. The van der Waals surface area contributed by atoms with E-state index in [-0.39, 0.29) is 11.2 Å². The van der Waals surface area contributed by atoms with Gasteiger partial charge in [0.15, 0.2) is 12.6 Å². The van der Waals surface area contributed by atoms with Gasteiger partial charge in [-0.05, 0) is 38.1 Å². The van der Waals surface area contributed by atoms with Crippen molar-refractivity contribution in [1.82, 2.24) is 15.5 Å². The SMILES string of the molecule is CN=C(NCc1ccc(C)cc1OCC(F)(F)F)NCC(C)(C)CN(C)C. The molecule has 0 saturated carbocycles. The normalized spacial score (nSPS) is 13.0. The molecule has 0 spiro atoms. The molecule has 1 rings (SSSR count). The van der Waals surface area contributed by atoms with Crippen LogP contribution in [0.3, 0.4) is 0 Å². The molecule has 0 saturated heterocycles. The lowest BCUT2D eigenvalue weighted by Gasteiger charge is -2.29. The number of aliphatic imine (C=N–C) groups is 1. The van der Waals surface area contributed by atoms with Gasteiger partial charge in [-0.1, -0.05) is 26.0 Å². The average Bonchev–Trinajstić information content (AvgIpc) is 2.52. The second kappa shape index (κ2) is 9.82. The third kappa shape index (κ3) is 9.51. The van der Waals surface area contributed by atoms with Gasteiger partial charge in [-0.15, -0.1) is 0 Å². The molecule has 0 unspecified atom stereocenters. The maximum absolute atomic E-state index is 12.5. The van der Waals surface area contributed by atoms with Gasteiger partial charge in [-0.3, -0.25) is 4.99 Å². The van der Waals surface area contributed by atoms with E-state index >= 15 is 0 Å². The van der Waals surface area contributed by atoms with E-state index in [0.29, 0.717) is 24.6 Å². The second-order valence-corrected chi connectivity index (χ2v) is 7.70. The summed E-state index contributed by atoms with van der Waals surface area (Å²) in [6, 6.07) is 5.21. The van der Waals surface area contributed by atoms with Crippen molar-refractivity contribution in [3.63, 3.8) is 0 Å². The van der Waals surface area contributed by atoms with Crippen molar-refractivity contribution in [3.05, 3.63) is 29.3 Å². The Bertz CT molecular complexity index is 628. The predicted molar refractivity (Wildman–Crippen MR) is 103 cm³/mol. The molecule has 0 aliphatic heterocycles. The van der Waals surface area contributed by atoms with Crippen molar-refractivity contribution in [2.75, 3.05) is 40.8 Å². The Balaban J connectivity index is 2.69. The highest BCUT2D eigenvalue weighted by Crippen LogP contribution is 2.23. The smallest absolute Gasteiger partial charge is 0.422 e. The van der Waals surface area contributed by atoms with Gasteiger partial charge in [-0.25, -0.2) is 0 Å². The van der Waals surface area contributed by atoms with Gasteiger partial charge in [-0.2, -0.15) is 13.2 Å². The number of rotatable bonds is 8.